The second-order valence-corrected chi connectivity index (χ2v) is 1.78. The molecule has 0 N–H and O–H groups in total. The van der Waals surface area contributed by atoms with Crippen LogP contribution in [0, 0.1) is 0 Å². The SMILES string of the molecule is C=C(OCC(=O)OC)C(=O)OC. The molecule has 0 aromatic heterocycles. The quantitative estimate of drug-likeness (QED) is 0.337. The molecule has 0 saturated carbocycles. The second kappa shape index (κ2) is 5.17. The average molecular weight is 174 g/mol. The number of rotatable bonds is 4. The topological polar surface area (TPSA) is 61.8 Å². The third-order valence-electron chi connectivity index (χ3n) is 1.00. The molecule has 0 bridgehead atoms. The Kier molecular flexibility index (Phi) is 4.52. The summed E-state index contributed by atoms with van der Waals surface area (Å²) < 4.78 is 13.1. The fraction of sp³-hybridized carbons (Fsp3) is 0.429. The van der Waals surface area contributed by atoms with Gasteiger partial charge < -0.3 is 14.2 Å². The molecule has 0 atom stereocenters. The van der Waals surface area contributed by atoms with Gasteiger partial charge in [-0.3, -0.25) is 0 Å². The van der Waals surface area contributed by atoms with E-state index in [9.17, 15) is 9.59 Å². The van der Waals surface area contributed by atoms with E-state index in [1.165, 1.54) is 14.2 Å². The number of carbonyl (C=O) groups is 2. The van der Waals surface area contributed by atoms with Crippen molar-refractivity contribution < 1.29 is 23.8 Å². The van der Waals surface area contributed by atoms with E-state index in [0.717, 1.165) is 0 Å². The van der Waals surface area contributed by atoms with Crippen LogP contribution in [0.2, 0.25) is 0 Å². The van der Waals surface area contributed by atoms with Gasteiger partial charge in [-0.15, -0.1) is 0 Å². The standard InChI is InChI=1S/C7H10O5/c1-5(7(9)11-3)12-4-6(8)10-2/h1,4H2,2-3H3. The smallest absolute Gasteiger partial charge is 0.372 e. The Morgan fingerprint density at radius 1 is 1.25 bits per heavy atom. The zero-order valence-electron chi connectivity index (χ0n) is 6.96. The summed E-state index contributed by atoms with van der Waals surface area (Å²) in [5, 5.41) is 0. The van der Waals surface area contributed by atoms with Crippen LogP contribution in [-0.2, 0) is 23.8 Å². The van der Waals surface area contributed by atoms with Crippen LogP contribution in [0.4, 0.5) is 0 Å². The molecule has 0 aromatic rings. The van der Waals surface area contributed by atoms with Gasteiger partial charge in [0.2, 0.25) is 0 Å². The summed E-state index contributed by atoms with van der Waals surface area (Å²) in [7, 11) is 2.40. The van der Waals surface area contributed by atoms with Crippen LogP contribution >= 0.6 is 0 Å². The molecule has 5 nitrogen and oxygen atoms in total. The van der Waals surface area contributed by atoms with Crippen molar-refractivity contribution in [3.8, 4) is 0 Å². The molecule has 0 fully saturated rings. The molecular weight excluding hydrogens is 164 g/mol. The molecule has 5 heteroatoms. The fourth-order valence-corrected chi connectivity index (χ4v) is 0.378. The number of ether oxygens (including phenoxy) is 3. The maximum atomic E-state index is 10.6. The zero-order valence-corrected chi connectivity index (χ0v) is 6.96. The molecule has 0 amide bonds. The highest BCUT2D eigenvalue weighted by Crippen LogP contribution is 1.95. The van der Waals surface area contributed by atoms with Crippen LogP contribution in [0.1, 0.15) is 0 Å². The predicted molar refractivity (Wildman–Crippen MR) is 39.1 cm³/mol. The maximum Gasteiger partial charge on any atom is 0.372 e. The minimum atomic E-state index is -0.709. The van der Waals surface area contributed by atoms with Crippen molar-refractivity contribution in [2.45, 2.75) is 0 Å². The average Bonchev–Trinajstić information content (AvgIpc) is 2.11. The van der Waals surface area contributed by atoms with Gasteiger partial charge in [0, 0.05) is 0 Å². The van der Waals surface area contributed by atoms with Crippen LogP contribution in [0.15, 0.2) is 12.3 Å². The van der Waals surface area contributed by atoms with Gasteiger partial charge in [0.1, 0.15) is 0 Å². The summed E-state index contributed by atoms with van der Waals surface area (Å²) >= 11 is 0. The summed E-state index contributed by atoms with van der Waals surface area (Å²) in [5.74, 6) is -1.51. The molecule has 0 radical (unpaired) electrons. The van der Waals surface area contributed by atoms with Crippen molar-refractivity contribution in [1.82, 2.24) is 0 Å². The van der Waals surface area contributed by atoms with Crippen molar-refractivity contribution in [3.05, 3.63) is 12.3 Å². The lowest BCUT2D eigenvalue weighted by molar-refractivity contribution is -0.147. The minimum Gasteiger partial charge on any atom is -0.475 e. The van der Waals surface area contributed by atoms with Crippen LogP contribution < -0.4 is 0 Å². The minimum absolute atomic E-state index is 0.220. The van der Waals surface area contributed by atoms with Gasteiger partial charge in [0.25, 0.3) is 0 Å². The summed E-state index contributed by atoms with van der Waals surface area (Å²) in [5.41, 5.74) is 0. The van der Waals surface area contributed by atoms with E-state index in [2.05, 4.69) is 20.8 Å². The Balaban J connectivity index is 3.72. The Bertz CT molecular complexity index is 196. The number of methoxy groups -OCH3 is 2. The lowest BCUT2D eigenvalue weighted by Crippen LogP contribution is -2.14. The molecule has 0 spiro atoms. The highest BCUT2D eigenvalue weighted by Gasteiger charge is 2.09. The normalized spacial score (nSPS) is 8.50. The Hall–Kier alpha value is -1.52. The Morgan fingerprint density at radius 2 is 1.83 bits per heavy atom. The third kappa shape index (κ3) is 3.60. The Labute approximate surface area is 69.9 Å². The van der Waals surface area contributed by atoms with E-state index in [-0.39, 0.29) is 12.4 Å². The first-order valence-electron chi connectivity index (χ1n) is 3.08. The fourth-order valence-electron chi connectivity index (χ4n) is 0.378. The highest BCUT2D eigenvalue weighted by molar-refractivity contribution is 5.85. The first-order chi connectivity index (χ1) is 5.61. The number of hydrogen-bond donors (Lipinski definition) is 0. The Morgan fingerprint density at radius 3 is 2.25 bits per heavy atom. The van der Waals surface area contributed by atoms with Crippen molar-refractivity contribution in [2.24, 2.45) is 0 Å². The lowest BCUT2D eigenvalue weighted by Gasteiger charge is -2.04. The van der Waals surface area contributed by atoms with E-state index >= 15 is 0 Å². The predicted octanol–water partition coefficient (Wildman–Crippen LogP) is -0.137. The van der Waals surface area contributed by atoms with E-state index in [1.54, 1.807) is 0 Å². The van der Waals surface area contributed by atoms with Gasteiger partial charge in [-0.2, -0.15) is 0 Å². The molecule has 0 rings (SSSR count). The molecule has 0 aromatic carbocycles. The lowest BCUT2D eigenvalue weighted by atomic mass is 10.5. The molecular formula is C7H10O5. The summed E-state index contributed by atoms with van der Waals surface area (Å²) in [4.78, 5) is 21.1. The zero-order chi connectivity index (χ0) is 9.56. The summed E-state index contributed by atoms with van der Waals surface area (Å²) in [6.07, 6.45) is 0. The van der Waals surface area contributed by atoms with Gasteiger partial charge >= 0.3 is 11.9 Å². The monoisotopic (exact) mass is 174 g/mol. The van der Waals surface area contributed by atoms with E-state index in [0.29, 0.717) is 0 Å². The van der Waals surface area contributed by atoms with E-state index in [1.807, 2.05) is 0 Å². The van der Waals surface area contributed by atoms with Crippen LogP contribution in [0.3, 0.4) is 0 Å². The highest BCUT2D eigenvalue weighted by atomic mass is 16.6. The van der Waals surface area contributed by atoms with Gasteiger partial charge in [-0.25, -0.2) is 9.59 Å². The van der Waals surface area contributed by atoms with Crippen LogP contribution in [0.5, 0.6) is 0 Å². The van der Waals surface area contributed by atoms with Gasteiger partial charge in [-0.1, -0.05) is 0 Å². The number of carbonyl (C=O) groups excluding carboxylic acids is 2. The van der Waals surface area contributed by atoms with Crippen LogP contribution in [-0.4, -0.2) is 32.8 Å². The van der Waals surface area contributed by atoms with Gasteiger partial charge in [0.05, 0.1) is 14.2 Å². The van der Waals surface area contributed by atoms with Gasteiger partial charge in [0.15, 0.2) is 12.4 Å². The molecule has 0 aliphatic rings. The van der Waals surface area contributed by atoms with E-state index in [4.69, 9.17) is 0 Å². The van der Waals surface area contributed by atoms with Crippen molar-refractivity contribution >= 4 is 11.9 Å². The van der Waals surface area contributed by atoms with Crippen molar-refractivity contribution in [3.63, 3.8) is 0 Å². The van der Waals surface area contributed by atoms with E-state index < -0.39 is 11.9 Å². The molecule has 12 heavy (non-hydrogen) atoms. The maximum absolute atomic E-state index is 10.6. The molecule has 0 saturated heterocycles. The summed E-state index contributed by atoms with van der Waals surface area (Å²) in [6.45, 7) is 2.88. The largest absolute Gasteiger partial charge is 0.475 e. The van der Waals surface area contributed by atoms with Crippen molar-refractivity contribution in [1.29, 1.82) is 0 Å². The third-order valence-corrected chi connectivity index (χ3v) is 1.00. The first-order valence-corrected chi connectivity index (χ1v) is 3.08. The number of esters is 2. The second-order valence-electron chi connectivity index (χ2n) is 1.78. The molecule has 0 aliphatic carbocycles. The van der Waals surface area contributed by atoms with Crippen molar-refractivity contribution in [2.75, 3.05) is 20.8 Å². The first kappa shape index (κ1) is 10.5. The molecule has 0 unspecified atom stereocenters. The summed E-state index contributed by atoms with van der Waals surface area (Å²) in [6, 6.07) is 0. The molecule has 0 heterocycles. The number of hydrogen-bond acceptors (Lipinski definition) is 5. The molecule has 68 valence electrons. The van der Waals surface area contributed by atoms with Gasteiger partial charge in [-0.05, 0) is 6.58 Å². The molecule has 0 aliphatic heterocycles. The van der Waals surface area contributed by atoms with Crippen LogP contribution in [0.25, 0.3) is 0 Å².